The molecule has 1 aliphatic heterocycles. The maximum absolute atomic E-state index is 9.78. The number of benzene rings is 2. The quantitative estimate of drug-likeness (QED) is 0.908. The standard InChI is InChI=1S/C17H19NO3/c1-2-20-17-9-11(7-8-14(17)19)16-10-13(18)12-5-3-4-6-15(12)21-16/h3-9,13,16,19H,2,10,18H2,1H3/t13-,16?/m0/s1. The van der Waals surface area contributed by atoms with Crippen molar-refractivity contribution in [3.63, 3.8) is 0 Å². The number of ether oxygens (including phenoxy) is 2. The molecule has 0 spiro atoms. The molecular weight excluding hydrogens is 266 g/mol. The molecule has 110 valence electrons. The summed E-state index contributed by atoms with van der Waals surface area (Å²) in [4.78, 5) is 0. The van der Waals surface area contributed by atoms with Crippen LogP contribution in [0.2, 0.25) is 0 Å². The van der Waals surface area contributed by atoms with Gasteiger partial charge in [0.25, 0.3) is 0 Å². The smallest absolute Gasteiger partial charge is 0.161 e. The molecule has 0 bridgehead atoms. The monoisotopic (exact) mass is 285 g/mol. The van der Waals surface area contributed by atoms with E-state index in [4.69, 9.17) is 15.2 Å². The molecule has 4 nitrogen and oxygen atoms in total. The summed E-state index contributed by atoms with van der Waals surface area (Å²) >= 11 is 0. The van der Waals surface area contributed by atoms with E-state index in [1.807, 2.05) is 43.3 Å². The molecule has 2 atom stereocenters. The maximum Gasteiger partial charge on any atom is 0.161 e. The third-order valence-electron chi connectivity index (χ3n) is 3.71. The number of fused-ring (bicyclic) bond motifs is 1. The first-order valence-corrected chi connectivity index (χ1v) is 7.16. The average Bonchev–Trinajstić information content (AvgIpc) is 2.50. The molecule has 2 aromatic rings. The van der Waals surface area contributed by atoms with E-state index in [-0.39, 0.29) is 17.9 Å². The van der Waals surface area contributed by atoms with Crippen LogP contribution in [-0.2, 0) is 0 Å². The highest BCUT2D eigenvalue weighted by molar-refractivity contribution is 5.44. The molecule has 0 aromatic heterocycles. The summed E-state index contributed by atoms with van der Waals surface area (Å²) < 4.78 is 11.5. The van der Waals surface area contributed by atoms with Crippen LogP contribution in [-0.4, -0.2) is 11.7 Å². The van der Waals surface area contributed by atoms with Crippen molar-refractivity contribution in [2.45, 2.75) is 25.5 Å². The Balaban J connectivity index is 1.90. The average molecular weight is 285 g/mol. The Kier molecular flexibility index (Phi) is 3.71. The Morgan fingerprint density at radius 1 is 1.29 bits per heavy atom. The van der Waals surface area contributed by atoms with Crippen molar-refractivity contribution >= 4 is 0 Å². The van der Waals surface area contributed by atoms with Crippen molar-refractivity contribution in [2.24, 2.45) is 5.73 Å². The molecule has 0 saturated carbocycles. The zero-order valence-corrected chi connectivity index (χ0v) is 12.0. The molecule has 1 unspecified atom stereocenters. The van der Waals surface area contributed by atoms with Crippen LogP contribution in [0.15, 0.2) is 42.5 Å². The normalized spacial score (nSPS) is 20.5. The first kappa shape index (κ1) is 13.8. The summed E-state index contributed by atoms with van der Waals surface area (Å²) in [6, 6.07) is 13.1. The lowest BCUT2D eigenvalue weighted by Gasteiger charge is -2.30. The lowest BCUT2D eigenvalue weighted by molar-refractivity contribution is 0.161. The van der Waals surface area contributed by atoms with Crippen molar-refractivity contribution in [3.8, 4) is 17.2 Å². The van der Waals surface area contributed by atoms with Gasteiger partial charge in [0.15, 0.2) is 11.5 Å². The fourth-order valence-corrected chi connectivity index (χ4v) is 2.66. The van der Waals surface area contributed by atoms with Crippen LogP contribution in [0.1, 0.15) is 36.6 Å². The van der Waals surface area contributed by atoms with Gasteiger partial charge in [0, 0.05) is 18.0 Å². The molecule has 0 radical (unpaired) electrons. The highest BCUT2D eigenvalue weighted by Gasteiger charge is 2.27. The molecule has 4 heteroatoms. The van der Waals surface area contributed by atoms with E-state index in [0.717, 1.165) is 16.9 Å². The minimum absolute atomic E-state index is 0.0516. The summed E-state index contributed by atoms with van der Waals surface area (Å²) in [5, 5.41) is 9.78. The number of para-hydroxylation sites is 1. The molecular formula is C17H19NO3. The predicted octanol–water partition coefficient (Wildman–Crippen LogP) is 3.31. The lowest BCUT2D eigenvalue weighted by Crippen LogP contribution is -2.24. The van der Waals surface area contributed by atoms with Crippen molar-refractivity contribution in [1.82, 2.24) is 0 Å². The molecule has 1 heterocycles. The zero-order valence-electron chi connectivity index (χ0n) is 12.0. The molecule has 0 aliphatic carbocycles. The van der Waals surface area contributed by atoms with Crippen LogP contribution in [0.4, 0.5) is 0 Å². The predicted molar refractivity (Wildman–Crippen MR) is 80.6 cm³/mol. The van der Waals surface area contributed by atoms with E-state index in [1.165, 1.54) is 0 Å². The van der Waals surface area contributed by atoms with Gasteiger partial charge in [-0.25, -0.2) is 0 Å². The van der Waals surface area contributed by atoms with E-state index < -0.39 is 0 Å². The third kappa shape index (κ3) is 2.67. The molecule has 0 saturated heterocycles. The van der Waals surface area contributed by atoms with Gasteiger partial charge in [-0.1, -0.05) is 24.3 Å². The van der Waals surface area contributed by atoms with E-state index in [1.54, 1.807) is 6.07 Å². The van der Waals surface area contributed by atoms with E-state index in [0.29, 0.717) is 18.8 Å². The van der Waals surface area contributed by atoms with Gasteiger partial charge in [-0.3, -0.25) is 0 Å². The summed E-state index contributed by atoms with van der Waals surface area (Å²) in [7, 11) is 0. The fraction of sp³-hybridized carbons (Fsp3) is 0.294. The topological polar surface area (TPSA) is 64.7 Å². The second-order valence-corrected chi connectivity index (χ2v) is 5.15. The SMILES string of the molecule is CCOc1cc(C2C[C@H](N)c3ccccc3O2)ccc1O. The van der Waals surface area contributed by atoms with Crippen LogP contribution in [0.25, 0.3) is 0 Å². The van der Waals surface area contributed by atoms with Crippen molar-refractivity contribution < 1.29 is 14.6 Å². The third-order valence-corrected chi connectivity index (χ3v) is 3.71. The summed E-state index contributed by atoms with van der Waals surface area (Å²) in [6.07, 6.45) is 0.572. The summed E-state index contributed by atoms with van der Waals surface area (Å²) in [5.41, 5.74) is 8.24. The number of hydrogen-bond donors (Lipinski definition) is 2. The molecule has 3 rings (SSSR count). The van der Waals surface area contributed by atoms with Gasteiger partial charge in [0.05, 0.1) is 6.61 Å². The lowest BCUT2D eigenvalue weighted by atomic mass is 9.93. The summed E-state index contributed by atoms with van der Waals surface area (Å²) in [5.74, 6) is 1.44. The number of aromatic hydroxyl groups is 1. The number of phenolic OH excluding ortho intramolecular Hbond substituents is 1. The highest BCUT2D eigenvalue weighted by Crippen LogP contribution is 2.41. The van der Waals surface area contributed by atoms with Gasteiger partial charge in [0.1, 0.15) is 11.9 Å². The molecule has 0 amide bonds. The van der Waals surface area contributed by atoms with Crippen LogP contribution < -0.4 is 15.2 Å². The van der Waals surface area contributed by atoms with Gasteiger partial charge in [-0.05, 0) is 30.7 Å². The highest BCUT2D eigenvalue weighted by atomic mass is 16.5. The van der Waals surface area contributed by atoms with Gasteiger partial charge >= 0.3 is 0 Å². The van der Waals surface area contributed by atoms with Gasteiger partial charge in [-0.15, -0.1) is 0 Å². The van der Waals surface area contributed by atoms with Crippen LogP contribution >= 0.6 is 0 Å². The number of rotatable bonds is 3. The largest absolute Gasteiger partial charge is 0.504 e. The molecule has 2 aromatic carbocycles. The first-order chi connectivity index (χ1) is 10.2. The number of nitrogens with two attached hydrogens (primary N) is 1. The van der Waals surface area contributed by atoms with Crippen LogP contribution in [0.3, 0.4) is 0 Å². The van der Waals surface area contributed by atoms with Gasteiger partial charge in [0.2, 0.25) is 0 Å². The van der Waals surface area contributed by atoms with Crippen LogP contribution in [0, 0.1) is 0 Å². The Morgan fingerprint density at radius 2 is 2.10 bits per heavy atom. The van der Waals surface area contributed by atoms with E-state index in [2.05, 4.69) is 0 Å². The number of hydrogen-bond acceptors (Lipinski definition) is 4. The maximum atomic E-state index is 9.78. The van der Waals surface area contributed by atoms with Crippen LogP contribution in [0.5, 0.6) is 17.2 Å². The van der Waals surface area contributed by atoms with Gasteiger partial charge in [-0.2, -0.15) is 0 Å². The van der Waals surface area contributed by atoms with Crippen molar-refractivity contribution in [3.05, 3.63) is 53.6 Å². The van der Waals surface area contributed by atoms with E-state index in [9.17, 15) is 5.11 Å². The van der Waals surface area contributed by atoms with Crippen molar-refractivity contribution in [1.29, 1.82) is 0 Å². The second-order valence-electron chi connectivity index (χ2n) is 5.15. The second kappa shape index (κ2) is 5.66. The summed E-state index contributed by atoms with van der Waals surface area (Å²) in [6.45, 7) is 2.39. The van der Waals surface area contributed by atoms with E-state index >= 15 is 0 Å². The zero-order chi connectivity index (χ0) is 14.8. The van der Waals surface area contributed by atoms with Crippen molar-refractivity contribution in [2.75, 3.05) is 6.61 Å². The molecule has 1 aliphatic rings. The minimum atomic E-state index is -0.130. The molecule has 0 fully saturated rings. The first-order valence-electron chi connectivity index (χ1n) is 7.16. The van der Waals surface area contributed by atoms with Gasteiger partial charge < -0.3 is 20.3 Å². The Bertz CT molecular complexity index is 642. The molecule has 3 N–H and O–H groups in total. The molecule has 21 heavy (non-hydrogen) atoms. The minimum Gasteiger partial charge on any atom is -0.504 e. The Labute approximate surface area is 124 Å². The number of phenols is 1. The Hall–Kier alpha value is -2.20. The fourth-order valence-electron chi connectivity index (χ4n) is 2.66. The Morgan fingerprint density at radius 3 is 2.90 bits per heavy atom.